The van der Waals surface area contributed by atoms with E-state index in [0.717, 1.165) is 28.1 Å². The van der Waals surface area contributed by atoms with Crippen LogP contribution in [0.5, 0.6) is 22.4 Å². The molecule has 6 rings (SSSR count). The van der Waals surface area contributed by atoms with E-state index >= 15 is 0 Å². The highest BCUT2D eigenvalue weighted by atomic mass is 32.1. The molecule has 0 aliphatic rings. The van der Waals surface area contributed by atoms with Gasteiger partial charge in [0, 0.05) is 17.8 Å². The van der Waals surface area contributed by atoms with Crippen LogP contribution in [0.4, 0.5) is 0 Å². The SMILES string of the molecule is COc1cc(OCc2cccc(OCc3cccc(C)n3)c2)c2cc(-c3cn4nc(OC)sc4n3)oc2c1. The zero-order chi connectivity index (χ0) is 26.1. The van der Waals surface area contributed by atoms with Crippen LogP contribution in [0.15, 0.2) is 71.3 Å². The van der Waals surface area contributed by atoms with Gasteiger partial charge in [-0.3, -0.25) is 4.98 Å². The van der Waals surface area contributed by atoms with Gasteiger partial charge in [0.15, 0.2) is 5.76 Å². The molecular formula is C28H24N4O5S. The fourth-order valence-corrected chi connectivity index (χ4v) is 4.75. The van der Waals surface area contributed by atoms with Crippen LogP contribution in [0.2, 0.25) is 0 Å². The molecule has 0 saturated heterocycles. The molecule has 10 heteroatoms. The average molecular weight is 529 g/mol. The average Bonchev–Trinajstić information content (AvgIpc) is 3.64. The molecule has 6 aromatic rings. The van der Waals surface area contributed by atoms with E-state index in [1.165, 1.54) is 11.3 Å². The summed E-state index contributed by atoms with van der Waals surface area (Å²) >= 11 is 1.36. The highest BCUT2D eigenvalue weighted by molar-refractivity contribution is 7.18. The molecule has 4 heterocycles. The lowest BCUT2D eigenvalue weighted by molar-refractivity contribution is 0.293. The molecule has 0 bridgehead atoms. The Labute approximate surface area is 222 Å². The van der Waals surface area contributed by atoms with Crippen LogP contribution < -0.4 is 18.9 Å². The maximum atomic E-state index is 6.24. The third-order valence-electron chi connectivity index (χ3n) is 5.89. The third-order valence-corrected chi connectivity index (χ3v) is 6.77. The van der Waals surface area contributed by atoms with E-state index in [2.05, 4.69) is 15.1 Å². The summed E-state index contributed by atoms with van der Waals surface area (Å²) in [6, 6.07) is 19.3. The van der Waals surface area contributed by atoms with E-state index in [-0.39, 0.29) is 0 Å². The molecule has 0 unspecified atom stereocenters. The standard InChI is InChI=1S/C28H24N4O5S/c1-17-6-4-8-19(29-17)16-35-20-9-5-7-18(10-20)15-36-24-11-21(33-2)12-25-22(24)13-26(37-25)23-14-32-27(30-23)38-28(31-32)34-3/h4-14H,15-16H2,1-3H3. The van der Waals surface area contributed by atoms with Gasteiger partial charge < -0.3 is 23.4 Å². The van der Waals surface area contributed by atoms with E-state index in [1.54, 1.807) is 18.7 Å². The second-order valence-corrected chi connectivity index (χ2v) is 9.49. The lowest BCUT2D eigenvalue weighted by atomic mass is 10.2. The quantitative estimate of drug-likeness (QED) is 0.223. The van der Waals surface area contributed by atoms with Gasteiger partial charge in [-0.1, -0.05) is 18.2 Å². The second-order valence-electron chi connectivity index (χ2n) is 8.57. The molecule has 192 valence electrons. The molecular weight excluding hydrogens is 504 g/mol. The number of nitrogens with zero attached hydrogens (tertiary/aromatic N) is 4. The van der Waals surface area contributed by atoms with Crippen molar-refractivity contribution in [3.05, 3.63) is 83.8 Å². The van der Waals surface area contributed by atoms with Crippen LogP contribution in [-0.4, -0.2) is 33.8 Å². The molecule has 0 atom stereocenters. The second kappa shape index (κ2) is 10.1. The third kappa shape index (κ3) is 4.85. The molecule has 0 aliphatic carbocycles. The number of benzene rings is 2. The fourth-order valence-electron chi connectivity index (χ4n) is 4.05. The first-order valence-electron chi connectivity index (χ1n) is 11.9. The van der Waals surface area contributed by atoms with Gasteiger partial charge in [-0.05, 0) is 54.2 Å². The number of imidazole rings is 1. The maximum Gasteiger partial charge on any atom is 0.294 e. The number of hydrogen-bond acceptors (Lipinski definition) is 9. The van der Waals surface area contributed by atoms with Gasteiger partial charge in [0.1, 0.15) is 41.7 Å². The number of aromatic nitrogens is 4. The Morgan fingerprint density at radius 1 is 0.895 bits per heavy atom. The van der Waals surface area contributed by atoms with Crippen LogP contribution in [0.3, 0.4) is 0 Å². The summed E-state index contributed by atoms with van der Waals surface area (Å²) in [6.45, 7) is 2.70. The molecule has 0 spiro atoms. The number of pyridine rings is 1. The van der Waals surface area contributed by atoms with E-state index in [0.29, 0.717) is 51.9 Å². The largest absolute Gasteiger partial charge is 0.496 e. The lowest BCUT2D eigenvalue weighted by Gasteiger charge is -2.11. The monoisotopic (exact) mass is 528 g/mol. The summed E-state index contributed by atoms with van der Waals surface area (Å²) in [6.07, 6.45) is 1.81. The summed E-state index contributed by atoms with van der Waals surface area (Å²) in [5, 5.41) is 5.70. The molecule has 9 nitrogen and oxygen atoms in total. The van der Waals surface area contributed by atoms with Gasteiger partial charge in [-0.2, -0.15) is 0 Å². The minimum Gasteiger partial charge on any atom is -0.496 e. The molecule has 0 radical (unpaired) electrons. The van der Waals surface area contributed by atoms with E-state index in [9.17, 15) is 0 Å². The minimum atomic E-state index is 0.340. The van der Waals surface area contributed by atoms with Crippen LogP contribution in [-0.2, 0) is 13.2 Å². The van der Waals surface area contributed by atoms with E-state index < -0.39 is 0 Å². The van der Waals surface area contributed by atoms with E-state index in [1.807, 2.05) is 73.8 Å². The van der Waals surface area contributed by atoms with Crippen LogP contribution in [0.25, 0.3) is 27.4 Å². The Kier molecular flexibility index (Phi) is 6.30. The zero-order valence-electron chi connectivity index (χ0n) is 21.0. The molecule has 0 N–H and O–H groups in total. The summed E-state index contributed by atoms with van der Waals surface area (Å²) < 4.78 is 30.7. The van der Waals surface area contributed by atoms with Gasteiger partial charge in [0.2, 0.25) is 4.96 Å². The number of furan rings is 1. The van der Waals surface area contributed by atoms with Crippen molar-refractivity contribution >= 4 is 27.3 Å². The van der Waals surface area contributed by atoms with Crippen molar-refractivity contribution in [2.24, 2.45) is 0 Å². The van der Waals surface area contributed by atoms with Crippen LogP contribution in [0.1, 0.15) is 17.0 Å². The van der Waals surface area contributed by atoms with Gasteiger partial charge in [-0.15, -0.1) is 5.10 Å². The minimum absolute atomic E-state index is 0.340. The highest BCUT2D eigenvalue weighted by Crippen LogP contribution is 2.37. The number of rotatable bonds is 9. The van der Waals surface area contributed by atoms with Crippen LogP contribution in [0, 0.1) is 6.92 Å². The summed E-state index contributed by atoms with van der Waals surface area (Å²) in [5.41, 5.74) is 4.12. The predicted octanol–water partition coefficient (Wildman–Crippen LogP) is 6.08. The molecule has 0 aliphatic heterocycles. The van der Waals surface area contributed by atoms with Crippen molar-refractivity contribution in [2.75, 3.05) is 14.2 Å². The van der Waals surface area contributed by atoms with E-state index in [4.69, 9.17) is 23.4 Å². The Morgan fingerprint density at radius 3 is 2.61 bits per heavy atom. The highest BCUT2D eigenvalue weighted by Gasteiger charge is 2.17. The summed E-state index contributed by atoms with van der Waals surface area (Å²) in [4.78, 5) is 9.82. The Morgan fingerprint density at radius 2 is 1.79 bits per heavy atom. The zero-order valence-corrected chi connectivity index (χ0v) is 21.8. The van der Waals surface area contributed by atoms with Crippen molar-refractivity contribution in [2.45, 2.75) is 20.1 Å². The van der Waals surface area contributed by atoms with Crippen molar-refractivity contribution in [3.63, 3.8) is 0 Å². The van der Waals surface area contributed by atoms with Gasteiger partial charge in [-0.25, -0.2) is 9.50 Å². The van der Waals surface area contributed by atoms with Gasteiger partial charge in [0.05, 0.1) is 31.5 Å². The van der Waals surface area contributed by atoms with Crippen molar-refractivity contribution in [1.82, 2.24) is 19.6 Å². The van der Waals surface area contributed by atoms with Crippen molar-refractivity contribution in [3.8, 4) is 33.9 Å². The van der Waals surface area contributed by atoms with Crippen molar-refractivity contribution < 1.29 is 23.4 Å². The molecule has 4 aromatic heterocycles. The smallest absolute Gasteiger partial charge is 0.294 e. The fraction of sp³-hybridized carbons (Fsp3) is 0.179. The molecule has 2 aromatic carbocycles. The molecule has 0 fully saturated rings. The number of ether oxygens (including phenoxy) is 4. The number of methoxy groups -OCH3 is 2. The Balaban J connectivity index is 1.22. The first kappa shape index (κ1) is 23.8. The van der Waals surface area contributed by atoms with Gasteiger partial charge >= 0.3 is 0 Å². The molecule has 38 heavy (non-hydrogen) atoms. The maximum absolute atomic E-state index is 6.24. The first-order valence-corrected chi connectivity index (χ1v) is 12.7. The normalized spacial score (nSPS) is 11.2. The summed E-state index contributed by atoms with van der Waals surface area (Å²) in [7, 11) is 3.20. The number of fused-ring (bicyclic) bond motifs is 2. The molecule has 0 saturated carbocycles. The Hall–Kier alpha value is -4.57. The first-order chi connectivity index (χ1) is 18.6. The molecule has 0 amide bonds. The van der Waals surface area contributed by atoms with Gasteiger partial charge in [0.25, 0.3) is 5.19 Å². The predicted molar refractivity (Wildman–Crippen MR) is 143 cm³/mol. The Bertz CT molecular complexity index is 1710. The van der Waals surface area contributed by atoms with Crippen LogP contribution >= 0.6 is 11.3 Å². The van der Waals surface area contributed by atoms with Crippen molar-refractivity contribution in [1.29, 1.82) is 0 Å². The number of aryl methyl sites for hydroxylation is 1. The lowest BCUT2D eigenvalue weighted by Crippen LogP contribution is -2.00. The summed E-state index contributed by atoms with van der Waals surface area (Å²) in [5.74, 6) is 2.63. The topological polar surface area (TPSA) is 93.1 Å². The number of hydrogen-bond donors (Lipinski definition) is 0.